The number of benzene rings is 3. The second-order valence-corrected chi connectivity index (χ2v) is 7.37. The van der Waals surface area contributed by atoms with E-state index in [0.717, 1.165) is 16.3 Å². The molecule has 4 aromatic rings. The van der Waals surface area contributed by atoms with Gasteiger partial charge in [-0.15, -0.1) is 0 Å². The lowest BCUT2D eigenvalue weighted by molar-refractivity contribution is -0.384. The molecule has 1 aromatic heterocycles. The number of halogens is 1. The molecule has 3 aromatic carbocycles. The standard InChI is InChI=1S/C24H19ClN4O4/c1-32-22-13-16(14-27-28-24-21(29(30)31)10-5-11-26-24)12-20(25)23(22)33-15-18-8-4-7-17-6-2-3-9-19(17)18/h2-14H,15H2,1H3,(H,26,28)/b27-14-. The molecule has 0 aliphatic heterocycles. The summed E-state index contributed by atoms with van der Waals surface area (Å²) in [4.78, 5) is 14.5. The SMILES string of the molecule is COc1cc(/C=N\Nc2ncccc2[N+](=O)[O-])cc(Cl)c1OCc1cccc2ccccc12. The molecule has 33 heavy (non-hydrogen) atoms. The van der Waals surface area contributed by atoms with Crippen molar-refractivity contribution in [2.24, 2.45) is 5.10 Å². The number of pyridine rings is 1. The molecule has 0 saturated heterocycles. The Morgan fingerprint density at radius 1 is 1.15 bits per heavy atom. The van der Waals surface area contributed by atoms with E-state index >= 15 is 0 Å². The van der Waals surface area contributed by atoms with Gasteiger partial charge in [0.25, 0.3) is 0 Å². The zero-order chi connectivity index (χ0) is 23.2. The molecule has 1 heterocycles. The second kappa shape index (κ2) is 9.97. The molecule has 8 nitrogen and oxygen atoms in total. The normalized spacial score (nSPS) is 11.0. The van der Waals surface area contributed by atoms with E-state index < -0.39 is 4.92 Å². The van der Waals surface area contributed by atoms with E-state index in [9.17, 15) is 10.1 Å². The van der Waals surface area contributed by atoms with Crippen LogP contribution in [0.2, 0.25) is 5.02 Å². The molecular formula is C24H19ClN4O4. The zero-order valence-electron chi connectivity index (χ0n) is 17.6. The summed E-state index contributed by atoms with van der Waals surface area (Å²) in [5.41, 5.74) is 4.04. The first-order chi connectivity index (χ1) is 16.1. The quantitative estimate of drug-likeness (QED) is 0.201. The van der Waals surface area contributed by atoms with Gasteiger partial charge in [-0.25, -0.2) is 4.98 Å². The lowest BCUT2D eigenvalue weighted by Crippen LogP contribution is -2.01. The fourth-order valence-electron chi connectivity index (χ4n) is 3.32. The van der Waals surface area contributed by atoms with Crippen LogP contribution in [0.15, 0.2) is 78.0 Å². The largest absolute Gasteiger partial charge is 0.493 e. The lowest BCUT2D eigenvalue weighted by atomic mass is 10.1. The summed E-state index contributed by atoms with van der Waals surface area (Å²) in [6.07, 6.45) is 2.90. The number of fused-ring (bicyclic) bond motifs is 1. The lowest BCUT2D eigenvalue weighted by Gasteiger charge is -2.14. The van der Waals surface area contributed by atoms with Crippen LogP contribution in [0.25, 0.3) is 10.8 Å². The van der Waals surface area contributed by atoms with Crippen molar-refractivity contribution in [1.29, 1.82) is 0 Å². The van der Waals surface area contributed by atoms with Crippen molar-refractivity contribution in [2.75, 3.05) is 12.5 Å². The molecule has 0 atom stereocenters. The van der Waals surface area contributed by atoms with E-state index in [1.54, 1.807) is 12.1 Å². The molecule has 0 fully saturated rings. The van der Waals surface area contributed by atoms with Crippen LogP contribution in [0.5, 0.6) is 11.5 Å². The molecule has 1 N–H and O–H groups in total. The maximum absolute atomic E-state index is 11.1. The number of hydrogen-bond donors (Lipinski definition) is 1. The van der Waals surface area contributed by atoms with Gasteiger partial charge < -0.3 is 9.47 Å². The number of hydrogen-bond acceptors (Lipinski definition) is 7. The first-order valence-electron chi connectivity index (χ1n) is 9.92. The topological polar surface area (TPSA) is 98.9 Å². The third kappa shape index (κ3) is 5.02. The maximum Gasteiger partial charge on any atom is 0.313 e. The van der Waals surface area contributed by atoms with E-state index in [4.69, 9.17) is 21.1 Å². The van der Waals surface area contributed by atoms with Crippen molar-refractivity contribution < 1.29 is 14.4 Å². The van der Waals surface area contributed by atoms with Gasteiger partial charge in [0.05, 0.1) is 23.3 Å². The van der Waals surface area contributed by atoms with E-state index in [2.05, 4.69) is 15.5 Å². The van der Waals surface area contributed by atoms with Crippen molar-refractivity contribution in [2.45, 2.75) is 6.61 Å². The Morgan fingerprint density at radius 2 is 1.97 bits per heavy atom. The van der Waals surface area contributed by atoms with Crippen LogP contribution in [-0.4, -0.2) is 23.2 Å². The number of ether oxygens (including phenoxy) is 2. The van der Waals surface area contributed by atoms with Gasteiger partial charge >= 0.3 is 5.69 Å². The summed E-state index contributed by atoms with van der Waals surface area (Å²) in [6.45, 7) is 0.315. The number of nitrogens with one attached hydrogen (secondary N) is 1. The minimum Gasteiger partial charge on any atom is -0.493 e. The Hall–Kier alpha value is -4.17. The molecule has 0 aliphatic rings. The van der Waals surface area contributed by atoms with Gasteiger partial charge in [-0.05, 0) is 40.1 Å². The predicted octanol–water partition coefficient (Wildman–Crippen LogP) is 5.83. The minimum atomic E-state index is -0.535. The molecule has 0 spiro atoms. The smallest absolute Gasteiger partial charge is 0.313 e. The number of nitro groups is 1. The number of rotatable bonds is 8. The Balaban J connectivity index is 1.52. The van der Waals surface area contributed by atoms with Crippen molar-refractivity contribution >= 4 is 40.1 Å². The summed E-state index contributed by atoms with van der Waals surface area (Å²) in [7, 11) is 1.52. The predicted molar refractivity (Wildman–Crippen MR) is 128 cm³/mol. The van der Waals surface area contributed by atoms with Crippen LogP contribution in [0.4, 0.5) is 11.5 Å². The number of hydrazone groups is 1. The highest BCUT2D eigenvalue weighted by atomic mass is 35.5. The highest BCUT2D eigenvalue weighted by molar-refractivity contribution is 6.32. The van der Waals surface area contributed by atoms with Gasteiger partial charge in [-0.3, -0.25) is 15.5 Å². The molecule has 0 unspecified atom stereocenters. The fraction of sp³-hybridized carbons (Fsp3) is 0.0833. The second-order valence-electron chi connectivity index (χ2n) is 6.96. The highest BCUT2D eigenvalue weighted by Crippen LogP contribution is 2.37. The number of nitrogens with zero attached hydrogens (tertiary/aromatic N) is 3. The Bertz CT molecular complexity index is 1340. The van der Waals surface area contributed by atoms with Crippen molar-refractivity contribution in [1.82, 2.24) is 4.98 Å². The third-order valence-corrected chi connectivity index (χ3v) is 5.15. The minimum absolute atomic E-state index is 0.0341. The van der Waals surface area contributed by atoms with Crippen LogP contribution in [0.3, 0.4) is 0 Å². The summed E-state index contributed by atoms with van der Waals surface area (Å²) < 4.78 is 11.5. The van der Waals surface area contributed by atoms with E-state index in [1.807, 2.05) is 42.5 Å². The average Bonchev–Trinajstić information content (AvgIpc) is 2.83. The van der Waals surface area contributed by atoms with Crippen LogP contribution < -0.4 is 14.9 Å². The van der Waals surface area contributed by atoms with Gasteiger partial charge in [0, 0.05) is 12.3 Å². The third-order valence-electron chi connectivity index (χ3n) is 4.87. The van der Waals surface area contributed by atoms with Gasteiger partial charge in [-0.2, -0.15) is 5.10 Å². The molecule has 166 valence electrons. The van der Waals surface area contributed by atoms with E-state index in [0.29, 0.717) is 28.7 Å². The molecule has 0 radical (unpaired) electrons. The maximum atomic E-state index is 11.1. The first-order valence-corrected chi connectivity index (χ1v) is 10.3. The molecule has 0 amide bonds. The first kappa shape index (κ1) is 22.0. The van der Waals surface area contributed by atoms with E-state index in [-0.39, 0.29) is 11.5 Å². The monoisotopic (exact) mass is 462 g/mol. The molecule has 4 rings (SSSR count). The fourth-order valence-corrected chi connectivity index (χ4v) is 3.59. The summed E-state index contributed by atoms with van der Waals surface area (Å²) in [5, 5.41) is 17.7. The van der Waals surface area contributed by atoms with Gasteiger partial charge in [-0.1, -0.05) is 54.1 Å². The van der Waals surface area contributed by atoms with Crippen molar-refractivity contribution in [3.8, 4) is 11.5 Å². The van der Waals surface area contributed by atoms with Crippen LogP contribution in [0.1, 0.15) is 11.1 Å². The summed E-state index contributed by atoms with van der Waals surface area (Å²) in [6, 6.07) is 20.3. The van der Waals surface area contributed by atoms with Gasteiger partial charge in [0.1, 0.15) is 6.61 Å². The molecular weight excluding hydrogens is 444 g/mol. The zero-order valence-corrected chi connectivity index (χ0v) is 18.3. The number of aromatic nitrogens is 1. The number of anilines is 1. The summed E-state index contributed by atoms with van der Waals surface area (Å²) >= 11 is 6.47. The van der Waals surface area contributed by atoms with E-state index in [1.165, 1.54) is 31.7 Å². The van der Waals surface area contributed by atoms with Crippen LogP contribution >= 0.6 is 11.6 Å². The Morgan fingerprint density at radius 3 is 2.79 bits per heavy atom. The van der Waals surface area contributed by atoms with Crippen LogP contribution in [0, 0.1) is 10.1 Å². The molecule has 0 saturated carbocycles. The molecule has 9 heteroatoms. The van der Waals surface area contributed by atoms with Gasteiger partial charge in [0.2, 0.25) is 5.82 Å². The summed E-state index contributed by atoms with van der Waals surface area (Å²) in [5.74, 6) is 0.887. The highest BCUT2D eigenvalue weighted by Gasteiger charge is 2.14. The molecule has 0 bridgehead atoms. The Kier molecular flexibility index (Phi) is 6.66. The average molecular weight is 463 g/mol. The Labute approximate surface area is 194 Å². The van der Waals surface area contributed by atoms with Crippen molar-refractivity contribution in [3.05, 3.63) is 99.2 Å². The van der Waals surface area contributed by atoms with Crippen LogP contribution in [-0.2, 0) is 6.61 Å². The number of methoxy groups -OCH3 is 1. The van der Waals surface area contributed by atoms with Crippen molar-refractivity contribution in [3.63, 3.8) is 0 Å². The molecule has 0 aliphatic carbocycles. The van der Waals surface area contributed by atoms with Gasteiger partial charge in [0.15, 0.2) is 11.5 Å².